The van der Waals surface area contributed by atoms with Gasteiger partial charge in [-0.2, -0.15) is 4.37 Å². The third-order valence-corrected chi connectivity index (χ3v) is 2.53. The van der Waals surface area contributed by atoms with E-state index in [0.717, 1.165) is 10.8 Å². The summed E-state index contributed by atoms with van der Waals surface area (Å²) in [6.45, 7) is 4.47. The van der Waals surface area contributed by atoms with Crippen molar-refractivity contribution in [1.82, 2.24) is 14.7 Å². The molecular weight excluding hydrogens is 222 g/mol. The first-order valence-corrected chi connectivity index (χ1v) is 5.59. The number of nitrogens with zero attached hydrogens (tertiary/aromatic N) is 2. The van der Waals surface area contributed by atoms with E-state index in [9.17, 15) is 4.79 Å². The van der Waals surface area contributed by atoms with Crippen LogP contribution in [0.1, 0.15) is 30.6 Å². The number of halogens is 1. The summed E-state index contributed by atoms with van der Waals surface area (Å²) in [6, 6.07) is 0. The van der Waals surface area contributed by atoms with Gasteiger partial charge >= 0.3 is 0 Å². The van der Waals surface area contributed by atoms with Crippen molar-refractivity contribution < 1.29 is 4.79 Å². The van der Waals surface area contributed by atoms with E-state index in [-0.39, 0.29) is 11.8 Å². The van der Waals surface area contributed by atoms with Crippen LogP contribution in [0, 0.1) is 0 Å². The number of alkyl halides is 1. The Labute approximate surface area is 91.9 Å². The van der Waals surface area contributed by atoms with Crippen LogP contribution in [0.25, 0.3) is 0 Å². The summed E-state index contributed by atoms with van der Waals surface area (Å²) >= 11 is 6.64. The van der Waals surface area contributed by atoms with E-state index >= 15 is 0 Å². The zero-order valence-corrected chi connectivity index (χ0v) is 9.65. The van der Waals surface area contributed by atoms with Gasteiger partial charge in [-0.05, 0) is 11.5 Å². The molecule has 78 valence electrons. The molecule has 1 aromatic rings. The Balaban J connectivity index is 2.48. The summed E-state index contributed by atoms with van der Waals surface area (Å²) in [5.74, 6) is 0.942. The van der Waals surface area contributed by atoms with Gasteiger partial charge in [0.1, 0.15) is 16.7 Å². The maximum Gasteiger partial charge on any atom is 0.235 e. The van der Waals surface area contributed by atoms with Crippen LogP contribution in [0.5, 0.6) is 0 Å². The molecule has 6 heteroatoms. The zero-order chi connectivity index (χ0) is 10.6. The van der Waals surface area contributed by atoms with E-state index in [0.29, 0.717) is 12.5 Å². The molecule has 1 heterocycles. The van der Waals surface area contributed by atoms with Gasteiger partial charge in [0.15, 0.2) is 0 Å². The van der Waals surface area contributed by atoms with Crippen molar-refractivity contribution in [1.29, 1.82) is 0 Å². The van der Waals surface area contributed by atoms with Gasteiger partial charge in [0.2, 0.25) is 5.91 Å². The summed E-state index contributed by atoms with van der Waals surface area (Å²) in [5, 5.41) is 3.45. The molecule has 4 nitrogen and oxygen atoms in total. The number of hydrogen-bond acceptors (Lipinski definition) is 4. The van der Waals surface area contributed by atoms with Crippen LogP contribution < -0.4 is 5.32 Å². The first-order chi connectivity index (χ1) is 6.63. The van der Waals surface area contributed by atoms with Gasteiger partial charge in [-0.25, -0.2) is 4.98 Å². The van der Waals surface area contributed by atoms with E-state index < -0.39 is 0 Å². The van der Waals surface area contributed by atoms with Crippen molar-refractivity contribution in [3.63, 3.8) is 0 Å². The van der Waals surface area contributed by atoms with Crippen LogP contribution in [-0.4, -0.2) is 21.1 Å². The molecule has 0 fully saturated rings. The van der Waals surface area contributed by atoms with Crippen molar-refractivity contribution in [2.75, 3.05) is 5.88 Å². The summed E-state index contributed by atoms with van der Waals surface area (Å²) in [4.78, 5) is 15.1. The average Bonchev–Trinajstić information content (AvgIpc) is 2.62. The van der Waals surface area contributed by atoms with Crippen molar-refractivity contribution in [3.05, 3.63) is 10.8 Å². The van der Waals surface area contributed by atoms with Crippen LogP contribution in [-0.2, 0) is 11.3 Å². The molecule has 0 saturated heterocycles. The smallest absolute Gasteiger partial charge is 0.235 e. The lowest BCUT2D eigenvalue weighted by atomic mass is 10.2. The Morgan fingerprint density at radius 3 is 2.86 bits per heavy atom. The molecule has 0 spiro atoms. The number of carbonyl (C=O) groups excluding carboxylic acids is 1. The van der Waals surface area contributed by atoms with Crippen molar-refractivity contribution in [2.24, 2.45) is 0 Å². The van der Waals surface area contributed by atoms with E-state index in [4.69, 9.17) is 11.6 Å². The highest BCUT2D eigenvalue weighted by Crippen LogP contribution is 2.12. The Hall–Kier alpha value is -0.680. The fraction of sp³-hybridized carbons (Fsp3) is 0.625. The molecule has 0 radical (unpaired) electrons. The molecule has 0 aliphatic heterocycles. The minimum atomic E-state index is -0.187. The van der Waals surface area contributed by atoms with Crippen molar-refractivity contribution in [3.8, 4) is 0 Å². The van der Waals surface area contributed by atoms with E-state index in [2.05, 4.69) is 14.7 Å². The second-order valence-corrected chi connectivity index (χ2v) is 4.22. The monoisotopic (exact) mass is 233 g/mol. The van der Waals surface area contributed by atoms with Crippen molar-refractivity contribution >= 4 is 29.0 Å². The van der Waals surface area contributed by atoms with Crippen LogP contribution >= 0.6 is 23.1 Å². The molecular formula is C8H12ClN3OS. The number of aromatic nitrogens is 2. The quantitative estimate of drug-likeness (QED) is 0.803. The Morgan fingerprint density at radius 2 is 2.36 bits per heavy atom. The molecule has 0 atom stereocenters. The van der Waals surface area contributed by atoms with Gasteiger partial charge in [-0.1, -0.05) is 13.8 Å². The average molecular weight is 234 g/mol. The highest BCUT2D eigenvalue weighted by molar-refractivity contribution is 7.05. The first kappa shape index (κ1) is 11.4. The molecule has 0 aromatic carbocycles. The number of carbonyl (C=O) groups is 1. The third-order valence-electron chi connectivity index (χ3n) is 1.56. The number of nitrogens with one attached hydrogen (secondary N) is 1. The standard InChI is InChI=1S/C8H12ClN3OS/c1-5(2)8-11-7(14-12-8)4-10-6(13)3-9/h5H,3-4H2,1-2H3,(H,10,13). The largest absolute Gasteiger partial charge is 0.348 e. The topological polar surface area (TPSA) is 54.9 Å². The predicted molar refractivity (Wildman–Crippen MR) is 56.6 cm³/mol. The lowest BCUT2D eigenvalue weighted by molar-refractivity contribution is -0.118. The molecule has 0 aliphatic rings. The van der Waals surface area contributed by atoms with Crippen LogP contribution in [0.3, 0.4) is 0 Å². The zero-order valence-electron chi connectivity index (χ0n) is 8.08. The molecule has 0 bridgehead atoms. The second-order valence-electron chi connectivity index (χ2n) is 3.11. The Kier molecular flexibility index (Phi) is 4.28. The van der Waals surface area contributed by atoms with Gasteiger partial charge in [0.05, 0.1) is 6.54 Å². The minimum Gasteiger partial charge on any atom is -0.348 e. The molecule has 1 aromatic heterocycles. The maximum absolute atomic E-state index is 10.8. The Bertz CT molecular complexity index is 313. The lowest BCUT2D eigenvalue weighted by Gasteiger charge is -1.98. The highest BCUT2D eigenvalue weighted by Gasteiger charge is 2.07. The fourth-order valence-corrected chi connectivity index (χ4v) is 1.61. The van der Waals surface area contributed by atoms with E-state index in [1.165, 1.54) is 11.5 Å². The van der Waals surface area contributed by atoms with Gasteiger partial charge in [-0.3, -0.25) is 4.79 Å². The van der Waals surface area contributed by atoms with Gasteiger partial charge in [0.25, 0.3) is 0 Å². The Morgan fingerprint density at radius 1 is 1.64 bits per heavy atom. The normalized spacial score (nSPS) is 10.6. The summed E-state index contributed by atoms with van der Waals surface area (Å²) < 4.78 is 4.17. The molecule has 1 rings (SSSR count). The molecule has 14 heavy (non-hydrogen) atoms. The van der Waals surface area contributed by atoms with Crippen LogP contribution in [0.15, 0.2) is 0 Å². The predicted octanol–water partition coefficient (Wildman–Crippen LogP) is 1.52. The minimum absolute atomic E-state index is 0.0180. The molecule has 1 amide bonds. The summed E-state index contributed by atoms with van der Waals surface area (Å²) in [7, 11) is 0. The van der Waals surface area contributed by atoms with Gasteiger partial charge < -0.3 is 5.32 Å². The molecule has 0 aliphatic carbocycles. The highest BCUT2D eigenvalue weighted by atomic mass is 35.5. The number of rotatable bonds is 4. The SMILES string of the molecule is CC(C)c1nsc(CNC(=O)CCl)n1. The summed E-state index contributed by atoms with van der Waals surface area (Å²) in [5.41, 5.74) is 0. The van der Waals surface area contributed by atoms with Gasteiger partial charge in [0, 0.05) is 5.92 Å². The third kappa shape index (κ3) is 3.23. The molecule has 0 saturated carbocycles. The van der Waals surface area contributed by atoms with E-state index in [1.807, 2.05) is 13.8 Å². The van der Waals surface area contributed by atoms with Crippen LogP contribution in [0.2, 0.25) is 0 Å². The second kappa shape index (κ2) is 5.26. The first-order valence-electron chi connectivity index (χ1n) is 4.28. The number of hydrogen-bond donors (Lipinski definition) is 1. The lowest BCUT2D eigenvalue weighted by Crippen LogP contribution is -2.23. The van der Waals surface area contributed by atoms with Crippen molar-refractivity contribution in [2.45, 2.75) is 26.3 Å². The fourth-order valence-electron chi connectivity index (χ4n) is 0.796. The van der Waals surface area contributed by atoms with Crippen LogP contribution in [0.4, 0.5) is 0 Å². The van der Waals surface area contributed by atoms with E-state index in [1.54, 1.807) is 0 Å². The number of amides is 1. The molecule has 0 unspecified atom stereocenters. The molecule has 1 N–H and O–H groups in total. The maximum atomic E-state index is 10.8. The van der Waals surface area contributed by atoms with Gasteiger partial charge in [-0.15, -0.1) is 11.6 Å². The summed E-state index contributed by atoms with van der Waals surface area (Å²) in [6.07, 6.45) is 0.